The number of anilines is 2. The molecule has 2 aromatic rings. The first kappa shape index (κ1) is 13.1. The topological polar surface area (TPSA) is 58.2 Å². The van der Waals surface area contributed by atoms with Gasteiger partial charge in [-0.05, 0) is 42.3 Å². The van der Waals surface area contributed by atoms with E-state index in [1.54, 1.807) is 18.2 Å². The minimum atomic E-state index is -0.179. The van der Waals surface area contributed by atoms with Gasteiger partial charge in [0, 0.05) is 17.8 Å². The van der Waals surface area contributed by atoms with E-state index in [0.29, 0.717) is 22.1 Å². The SMILES string of the molecule is O=C1CCc2cc(NC(=O)c3ccc(Cl)s3)ccc2N1. The predicted octanol–water partition coefficient (Wildman–Crippen LogP) is 3.54. The van der Waals surface area contributed by atoms with E-state index in [9.17, 15) is 9.59 Å². The summed E-state index contributed by atoms with van der Waals surface area (Å²) in [6, 6.07) is 8.87. The van der Waals surface area contributed by atoms with Crippen molar-refractivity contribution in [3.05, 3.63) is 45.1 Å². The minimum absolute atomic E-state index is 0.0301. The van der Waals surface area contributed by atoms with Gasteiger partial charge in [0.25, 0.3) is 5.91 Å². The Morgan fingerprint density at radius 1 is 1.25 bits per heavy atom. The average Bonchev–Trinajstić information content (AvgIpc) is 2.86. The molecule has 0 radical (unpaired) electrons. The number of fused-ring (bicyclic) bond motifs is 1. The molecule has 0 saturated carbocycles. The summed E-state index contributed by atoms with van der Waals surface area (Å²) in [6.07, 6.45) is 1.17. The van der Waals surface area contributed by atoms with Crippen molar-refractivity contribution in [2.45, 2.75) is 12.8 Å². The Morgan fingerprint density at radius 3 is 2.85 bits per heavy atom. The van der Waals surface area contributed by atoms with Gasteiger partial charge >= 0.3 is 0 Å². The summed E-state index contributed by atoms with van der Waals surface area (Å²) in [4.78, 5) is 23.9. The van der Waals surface area contributed by atoms with Crippen LogP contribution in [0.1, 0.15) is 21.7 Å². The zero-order valence-corrected chi connectivity index (χ0v) is 12.0. The standard InChI is InChI=1S/C14H11ClN2O2S/c15-12-5-4-11(20-12)14(19)16-9-2-3-10-8(7-9)1-6-13(18)17-10/h2-5,7H,1,6H2,(H,16,19)(H,17,18). The number of aryl methyl sites for hydroxylation is 1. The van der Waals surface area contributed by atoms with Crippen LogP contribution in [0.3, 0.4) is 0 Å². The van der Waals surface area contributed by atoms with E-state index in [0.717, 1.165) is 16.9 Å². The molecule has 0 aliphatic carbocycles. The van der Waals surface area contributed by atoms with Crippen LogP contribution in [0.5, 0.6) is 0 Å². The smallest absolute Gasteiger partial charge is 0.265 e. The fourth-order valence-electron chi connectivity index (χ4n) is 2.09. The molecule has 6 heteroatoms. The number of nitrogens with one attached hydrogen (secondary N) is 2. The molecular formula is C14H11ClN2O2S. The highest BCUT2D eigenvalue weighted by molar-refractivity contribution is 7.18. The second-order valence-corrected chi connectivity index (χ2v) is 6.19. The largest absolute Gasteiger partial charge is 0.326 e. The van der Waals surface area contributed by atoms with Crippen molar-refractivity contribution in [2.24, 2.45) is 0 Å². The number of rotatable bonds is 2. The van der Waals surface area contributed by atoms with Crippen molar-refractivity contribution in [1.29, 1.82) is 0 Å². The fraction of sp³-hybridized carbons (Fsp3) is 0.143. The summed E-state index contributed by atoms with van der Waals surface area (Å²) in [5.74, 6) is -0.149. The molecule has 0 fully saturated rings. The van der Waals surface area contributed by atoms with Gasteiger partial charge in [0.05, 0.1) is 9.21 Å². The summed E-state index contributed by atoms with van der Waals surface area (Å²) in [6.45, 7) is 0. The highest BCUT2D eigenvalue weighted by Gasteiger charge is 2.16. The maximum atomic E-state index is 12.0. The van der Waals surface area contributed by atoms with Crippen LogP contribution >= 0.6 is 22.9 Å². The predicted molar refractivity (Wildman–Crippen MR) is 80.7 cm³/mol. The Balaban J connectivity index is 1.78. The Morgan fingerprint density at radius 2 is 2.10 bits per heavy atom. The fourth-order valence-corrected chi connectivity index (χ4v) is 3.03. The Bertz CT molecular complexity index is 696. The van der Waals surface area contributed by atoms with Crippen molar-refractivity contribution in [2.75, 3.05) is 10.6 Å². The molecule has 0 atom stereocenters. The van der Waals surface area contributed by atoms with Crippen LogP contribution in [0.25, 0.3) is 0 Å². The first-order chi connectivity index (χ1) is 9.61. The Hall–Kier alpha value is -1.85. The van der Waals surface area contributed by atoms with Gasteiger partial charge in [0.15, 0.2) is 0 Å². The number of hydrogen-bond donors (Lipinski definition) is 2. The highest BCUT2D eigenvalue weighted by atomic mass is 35.5. The molecule has 1 aromatic carbocycles. The van der Waals surface area contributed by atoms with E-state index in [1.165, 1.54) is 11.3 Å². The number of hydrogen-bond acceptors (Lipinski definition) is 3. The first-order valence-corrected chi connectivity index (χ1v) is 7.31. The van der Waals surface area contributed by atoms with Crippen LogP contribution < -0.4 is 10.6 Å². The van der Waals surface area contributed by atoms with Crippen molar-refractivity contribution < 1.29 is 9.59 Å². The molecule has 3 rings (SSSR count). The molecule has 4 nitrogen and oxygen atoms in total. The van der Waals surface area contributed by atoms with Gasteiger partial charge in [-0.2, -0.15) is 0 Å². The van der Waals surface area contributed by atoms with Gasteiger partial charge in [-0.25, -0.2) is 0 Å². The van der Waals surface area contributed by atoms with Crippen LogP contribution in [-0.4, -0.2) is 11.8 Å². The molecule has 102 valence electrons. The molecular weight excluding hydrogens is 296 g/mol. The second kappa shape index (κ2) is 5.26. The molecule has 2 N–H and O–H groups in total. The van der Waals surface area contributed by atoms with Crippen molar-refractivity contribution >= 4 is 46.1 Å². The number of amides is 2. The van der Waals surface area contributed by atoms with E-state index in [-0.39, 0.29) is 11.8 Å². The summed E-state index contributed by atoms with van der Waals surface area (Å²) >= 11 is 7.05. The lowest BCUT2D eigenvalue weighted by Gasteiger charge is -2.17. The number of carbonyl (C=O) groups excluding carboxylic acids is 2. The monoisotopic (exact) mass is 306 g/mol. The first-order valence-electron chi connectivity index (χ1n) is 6.11. The third-order valence-electron chi connectivity index (χ3n) is 3.06. The lowest BCUT2D eigenvalue weighted by atomic mass is 10.0. The summed E-state index contributed by atoms with van der Waals surface area (Å²) in [5, 5.41) is 5.64. The maximum absolute atomic E-state index is 12.0. The minimum Gasteiger partial charge on any atom is -0.326 e. The van der Waals surface area contributed by atoms with Gasteiger partial charge in [-0.3, -0.25) is 9.59 Å². The number of benzene rings is 1. The van der Waals surface area contributed by atoms with E-state index in [1.807, 2.05) is 12.1 Å². The van der Waals surface area contributed by atoms with E-state index in [2.05, 4.69) is 10.6 Å². The zero-order chi connectivity index (χ0) is 14.1. The van der Waals surface area contributed by atoms with Crippen LogP contribution in [0, 0.1) is 0 Å². The summed E-state index contributed by atoms with van der Waals surface area (Å²) < 4.78 is 0.586. The third kappa shape index (κ3) is 2.69. The third-order valence-corrected chi connectivity index (χ3v) is 4.29. The average molecular weight is 307 g/mol. The molecule has 2 amide bonds. The summed E-state index contributed by atoms with van der Waals surface area (Å²) in [5.41, 5.74) is 2.57. The molecule has 1 aliphatic heterocycles. The zero-order valence-electron chi connectivity index (χ0n) is 10.4. The molecule has 20 heavy (non-hydrogen) atoms. The van der Waals surface area contributed by atoms with Crippen LogP contribution in [-0.2, 0) is 11.2 Å². The van der Waals surface area contributed by atoms with Gasteiger partial charge in [-0.15, -0.1) is 11.3 Å². The quantitative estimate of drug-likeness (QED) is 0.891. The van der Waals surface area contributed by atoms with Gasteiger partial charge in [0.1, 0.15) is 0 Å². The Labute approximate surface area is 124 Å². The Kier molecular flexibility index (Phi) is 3.46. The second-order valence-electron chi connectivity index (χ2n) is 4.48. The lowest BCUT2D eigenvalue weighted by Crippen LogP contribution is -2.19. The molecule has 1 aliphatic rings. The normalized spacial score (nSPS) is 13.6. The van der Waals surface area contributed by atoms with Gasteiger partial charge in [0.2, 0.25) is 5.91 Å². The summed E-state index contributed by atoms with van der Waals surface area (Å²) in [7, 11) is 0. The molecule has 1 aromatic heterocycles. The number of carbonyl (C=O) groups is 2. The highest BCUT2D eigenvalue weighted by Crippen LogP contribution is 2.27. The van der Waals surface area contributed by atoms with Crippen LogP contribution in [0.4, 0.5) is 11.4 Å². The van der Waals surface area contributed by atoms with Crippen molar-refractivity contribution in [1.82, 2.24) is 0 Å². The number of halogens is 1. The molecule has 0 bridgehead atoms. The van der Waals surface area contributed by atoms with Crippen molar-refractivity contribution in [3.8, 4) is 0 Å². The van der Waals surface area contributed by atoms with Crippen LogP contribution in [0.2, 0.25) is 4.34 Å². The lowest BCUT2D eigenvalue weighted by molar-refractivity contribution is -0.116. The molecule has 0 unspecified atom stereocenters. The molecule has 0 saturated heterocycles. The molecule has 2 heterocycles. The van der Waals surface area contributed by atoms with E-state index < -0.39 is 0 Å². The van der Waals surface area contributed by atoms with Gasteiger partial charge in [-0.1, -0.05) is 11.6 Å². The van der Waals surface area contributed by atoms with Gasteiger partial charge < -0.3 is 10.6 Å². The maximum Gasteiger partial charge on any atom is 0.265 e. The van der Waals surface area contributed by atoms with Crippen molar-refractivity contribution in [3.63, 3.8) is 0 Å². The van der Waals surface area contributed by atoms with E-state index >= 15 is 0 Å². The van der Waals surface area contributed by atoms with E-state index in [4.69, 9.17) is 11.6 Å². The number of thiophene rings is 1. The van der Waals surface area contributed by atoms with Crippen LogP contribution in [0.15, 0.2) is 30.3 Å². The molecule has 0 spiro atoms.